The van der Waals surface area contributed by atoms with E-state index in [1.165, 1.54) is 11.8 Å². The van der Waals surface area contributed by atoms with E-state index in [4.69, 9.17) is 0 Å². The number of amides is 1. The van der Waals surface area contributed by atoms with Gasteiger partial charge in [0.25, 0.3) is 0 Å². The second kappa shape index (κ2) is 4.45. The van der Waals surface area contributed by atoms with E-state index < -0.39 is 0 Å². The fourth-order valence-electron chi connectivity index (χ4n) is 1.50. The fourth-order valence-corrected chi connectivity index (χ4v) is 2.10. The standard InChI is InChI=1S/C12H12N2OS/c1-8-12(13-7-16-8)10-3-5-11(6-4-10)14-9(2)15/h3-7H,1-2H3,(H,14,15). The lowest BCUT2D eigenvalue weighted by molar-refractivity contribution is -0.114. The summed E-state index contributed by atoms with van der Waals surface area (Å²) in [5.41, 5.74) is 4.74. The first-order valence-electron chi connectivity index (χ1n) is 4.95. The van der Waals surface area contributed by atoms with Crippen LogP contribution in [0.2, 0.25) is 0 Å². The normalized spacial score (nSPS) is 10.1. The highest BCUT2D eigenvalue weighted by molar-refractivity contribution is 7.10. The first-order valence-corrected chi connectivity index (χ1v) is 5.83. The van der Waals surface area contributed by atoms with Crippen molar-refractivity contribution in [2.75, 3.05) is 5.32 Å². The molecule has 1 amide bonds. The van der Waals surface area contributed by atoms with Crippen LogP contribution in [-0.4, -0.2) is 10.9 Å². The second-order valence-electron chi connectivity index (χ2n) is 3.52. The molecule has 0 saturated carbocycles. The van der Waals surface area contributed by atoms with Gasteiger partial charge in [0, 0.05) is 23.1 Å². The largest absolute Gasteiger partial charge is 0.326 e. The maximum atomic E-state index is 10.9. The number of anilines is 1. The van der Waals surface area contributed by atoms with Gasteiger partial charge in [-0.25, -0.2) is 4.98 Å². The third kappa shape index (κ3) is 2.28. The van der Waals surface area contributed by atoms with Gasteiger partial charge in [-0.05, 0) is 19.1 Å². The van der Waals surface area contributed by atoms with Crippen molar-refractivity contribution in [1.82, 2.24) is 4.98 Å². The van der Waals surface area contributed by atoms with Crippen LogP contribution >= 0.6 is 11.3 Å². The quantitative estimate of drug-likeness (QED) is 0.864. The van der Waals surface area contributed by atoms with Gasteiger partial charge in [-0.3, -0.25) is 4.79 Å². The van der Waals surface area contributed by atoms with Crippen LogP contribution in [-0.2, 0) is 4.79 Å². The molecule has 1 heterocycles. The molecule has 1 N–H and O–H groups in total. The highest BCUT2D eigenvalue weighted by atomic mass is 32.1. The molecular weight excluding hydrogens is 220 g/mol. The predicted molar refractivity (Wildman–Crippen MR) is 66.6 cm³/mol. The molecule has 0 aliphatic rings. The number of aryl methyl sites for hydroxylation is 1. The summed E-state index contributed by atoms with van der Waals surface area (Å²) in [5.74, 6) is -0.0578. The second-order valence-corrected chi connectivity index (χ2v) is 4.57. The number of rotatable bonds is 2. The van der Waals surface area contributed by atoms with Gasteiger partial charge < -0.3 is 5.32 Å². The van der Waals surface area contributed by atoms with Gasteiger partial charge in [0.1, 0.15) is 0 Å². The predicted octanol–water partition coefficient (Wildman–Crippen LogP) is 3.08. The number of carbonyl (C=O) groups is 1. The third-order valence-corrected chi connectivity index (χ3v) is 2.98. The van der Waals surface area contributed by atoms with Crippen LogP contribution < -0.4 is 5.32 Å². The minimum atomic E-state index is -0.0578. The van der Waals surface area contributed by atoms with E-state index in [2.05, 4.69) is 17.2 Å². The van der Waals surface area contributed by atoms with Crippen molar-refractivity contribution in [2.45, 2.75) is 13.8 Å². The lowest BCUT2D eigenvalue weighted by Gasteiger charge is -2.03. The minimum Gasteiger partial charge on any atom is -0.326 e. The molecule has 0 radical (unpaired) electrons. The Morgan fingerprint density at radius 2 is 2.00 bits per heavy atom. The molecule has 0 aliphatic carbocycles. The van der Waals surface area contributed by atoms with Gasteiger partial charge in [-0.1, -0.05) is 12.1 Å². The number of carbonyl (C=O) groups excluding carboxylic acids is 1. The Kier molecular flexibility index (Phi) is 3.01. The van der Waals surface area contributed by atoms with E-state index in [9.17, 15) is 4.79 Å². The van der Waals surface area contributed by atoms with Crippen molar-refractivity contribution in [3.8, 4) is 11.3 Å². The van der Waals surface area contributed by atoms with E-state index in [-0.39, 0.29) is 5.91 Å². The first-order chi connectivity index (χ1) is 7.66. The third-order valence-electron chi connectivity index (χ3n) is 2.22. The number of nitrogens with zero attached hydrogens (tertiary/aromatic N) is 1. The molecule has 0 fully saturated rings. The molecule has 1 aromatic carbocycles. The van der Waals surface area contributed by atoms with Crippen molar-refractivity contribution in [1.29, 1.82) is 0 Å². The van der Waals surface area contributed by atoms with Crippen LogP contribution in [0, 0.1) is 6.92 Å². The Morgan fingerprint density at radius 3 is 2.50 bits per heavy atom. The van der Waals surface area contributed by atoms with Crippen molar-refractivity contribution >= 4 is 22.9 Å². The number of hydrogen-bond acceptors (Lipinski definition) is 3. The van der Waals surface area contributed by atoms with Crippen LogP contribution in [0.1, 0.15) is 11.8 Å². The van der Waals surface area contributed by atoms with Gasteiger partial charge in [0.05, 0.1) is 11.2 Å². The maximum Gasteiger partial charge on any atom is 0.221 e. The fraction of sp³-hybridized carbons (Fsp3) is 0.167. The zero-order chi connectivity index (χ0) is 11.5. The van der Waals surface area contributed by atoms with Gasteiger partial charge in [0.15, 0.2) is 0 Å². The number of benzene rings is 1. The molecule has 0 aliphatic heterocycles. The summed E-state index contributed by atoms with van der Waals surface area (Å²) < 4.78 is 0. The summed E-state index contributed by atoms with van der Waals surface area (Å²) in [4.78, 5) is 16.4. The summed E-state index contributed by atoms with van der Waals surface area (Å²) in [5, 5.41) is 2.74. The van der Waals surface area contributed by atoms with Gasteiger partial charge in [-0.15, -0.1) is 11.3 Å². The molecule has 0 atom stereocenters. The Hall–Kier alpha value is -1.68. The molecule has 16 heavy (non-hydrogen) atoms. The van der Waals surface area contributed by atoms with E-state index in [1.807, 2.05) is 29.8 Å². The number of nitrogens with one attached hydrogen (secondary N) is 1. The topological polar surface area (TPSA) is 42.0 Å². The van der Waals surface area contributed by atoms with Crippen LogP contribution in [0.4, 0.5) is 5.69 Å². The molecule has 82 valence electrons. The maximum absolute atomic E-state index is 10.9. The van der Waals surface area contributed by atoms with E-state index in [1.54, 1.807) is 11.3 Å². The van der Waals surface area contributed by atoms with Crippen molar-refractivity contribution in [2.24, 2.45) is 0 Å². The summed E-state index contributed by atoms with van der Waals surface area (Å²) >= 11 is 1.63. The van der Waals surface area contributed by atoms with E-state index in [0.29, 0.717) is 0 Å². The van der Waals surface area contributed by atoms with Gasteiger partial charge in [-0.2, -0.15) is 0 Å². The molecule has 2 rings (SSSR count). The Bertz CT molecular complexity index is 502. The van der Waals surface area contributed by atoms with Crippen LogP contribution in [0.5, 0.6) is 0 Å². The Labute approximate surface area is 98.2 Å². The zero-order valence-corrected chi connectivity index (χ0v) is 9.97. The molecular formula is C12H12N2OS. The number of hydrogen-bond donors (Lipinski definition) is 1. The molecule has 3 nitrogen and oxygen atoms in total. The van der Waals surface area contributed by atoms with Crippen molar-refractivity contribution < 1.29 is 4.79 Å². The zero-order valence-electron chi connectivity index (χ0n) is 9.15. The van der Waals surface area contributed by atoms with E-state index in [0.717, 1.165) is 16.9 Å². The summed E-state index contributed by atoms with van der Waals surface area (Å²) in [7, 11) is 0. The SMILES string of the molecule is CC(=O)Nc1ccc(-c2ncsc2C)cc1. The molecule has 2 aromatic rings. The summed E-state index contributed by atoms with van der Waals surface area (Å²) in [6.07, 6.45) is 0. The van der Waals surface area contributed by atoms with Crippen LogP contribution in [0.25, 0.3) is 11.3 Å². The van der Waals surface area contributed by atoms with Crippen molar-refractivity contribution in [3.63, 3.8) is 0 Å². The number of thiazole rings is 1. The molecule has 4 heteroatoms. The monoisotopic (exact) mass is 232 g/mol. The molecule has 0 spiro atoms. The average Bonchev–Trinajstić information content (AvgIpc) is 2.65. The number of aromatic nitrogens is 1. The average molecular weight is 232 g/mol. The summed E-state index contributed by atoms with van der Waals surface area (Å²) in [6, 6.07) is 7.70. The first kappa shape index (κ1) is 10.8. The highest BCUT2D eigenvalue weighted by Gasteiger charge is 2.04. The molecule has 1 aromatic heterocycles. The lowest BCUT2D eigenvalue weighted by atomic mass is 10.1. The molecule has 0 unspecified atom stereocenters. The van der Waals surface area contributed by atoms with E-state index >= 15 is 0 Å². The van der Waals surface area contributed by atoms with Crippen LogP contribution in [0.3, 0.4) is 0 Å². The molecule has 0 bridgehead atoms. The summed E-state index contributed by atoms with van der Waals surface area (Å²) in [6.45, 7) is 3.55. The lowest BCUT2D eigenvalue weighted by Crippen LogP contribution is -2.05. The van der Waals surface area contributed by atoms with Gasteiger partial charge in [0.2, 0.25) is 5.91 Å². The Morgan fingerprint density at radius 1 is 1.31 bits per heavy atom. The minimum absolute atomic E-state index is 0.0578. The highest BCUT2D eigenvalue weighted by Crippen LogP contribution is 2.25. The van der Waals surface area contributed by atoms with Crippen molar-refractivity contribution in [3.05, 3.63) is 34.7 Å². The van der Waals surface area contributed by atoms with Crippen LogP contribution in [0.15, 0.2) is 29.8 Å². The molecule has 0 saturated heterocycles. The smallest absolute Gasteiger partial charge is 0.221 e. The van der Waals surface area contributed by atoms with Gasteiger partial charge >= 0.3 is 0 Å². The Balaban J connectivity index is 2.26.